The van der Waals surface area contributed by atoms with Gasteiger partial charge in [0, 0.05) is 24.2 Å². The predicted molar refractivity (Wildman–Crippen MR) is 124 cm³/mol. The third kappa shape index (κ3) is 6.20. The number of hydrogen-bond donors (Lipinski definition) is 2. The fourth-order valence-electron chi connectivity index (χ4n) is 3.52. The van der Waals surface area contributed by atoms with E-state index < -0.39 is 12.1 Å². The molecule has 3 aromatic rings. The van der Waals surface area contributed by atoms with Crippen molar-refractivity contribution in [3.8, 4) is 11.4 Å². The first-order chi connectivity index (χ1) is 15.8. The highest BCUT2D eigenvalue weighted by atomic mass is 16.5. The van der Waals surface area contributed by atoms with E-state index in [1.807, 2.05) is 43.3 Å². The predicted octanol–water partition coefficient (Wildman–Crippen LogP) is 3.54. The topological polar surface area (TPSA) is 103 Å². The Morgan fingerprint density at radius 2 is 1.85 bits per heavy atom. The summed E-state index contributed by atoms with van der Waals surface area (Å²) in [5.41, 5.74) is 3.53. The number of carbonyl (C=O) groups excluding carboxylic acids is 1. The fraction of sp³-hybridized carbons (Fsp3) is 0.320. The Kier molecular flexibility index (Phi) is 7.84. The summed E-state index contributed by atoms with van der Waals surface area (Å²) in [6.45, 7) is 5.69. The van der Waals surface area contributed by atoms with Gasteiger partial charge in [0.05, 0.1) is 18.9 Å². The van der Waals surface area contributed by atoms with E-state index in [0.717, 1.165) is 22.5 Å². The lowest BCUT2D eigenvalue weighted by atomic mass is 10.0. The molecule has 0 fully saturated rings. The lowest BCUT2D eigenvalue weighted by Gasteiger charge is -2.17. The van der Waals surface area contributed by atoms with E-state index in [1.54, 1.807) is 43.8 Å². The Balaban J connectivity index is 1.73. The molecule has 1 unspecified atom stereocenters. The molecule has 0 radical (unpaired) electrons. The molecule has 0 saturated carbocycles. The first-order valence-corrected chi connectivity index (χ1v) is 10.7. The van der Waals surface area contributed by atoms with E-state index in [2.05, 4.69) is 10.4 Å². The van der Waals surface area contributed by atoms with Crippen LogP contribution in [0.1, 0.15) is 41.2 Å². The van der Waals surface area contributed by atoms with Gasteiger partial charge in [-0.1, -0.05) is 30.3 Å². The molecule has 1 heterocycles. The second-order valence-corrected chi connectivity index (χ2v) is 7.96. The molecule has 0 aliphatic heterocycles. The van der Waals surface area contributed by atoms with E-state index in [0.29, 0.717) is 11.4 Å². The minimum Gasteiger partial charge on any atom is -0.496 e. The van der Waals surface area contributed by atoms with Crippen LogP contribution in [0, 0.1) is 6.92 Å². The summed E-state index contributed by atoms with van der Waals surface area (Å²) in [5.74, 6) is -0.729. The Labute approximate surface area is 193 Å². The summed E-state index contributed by atoms with van der Waals surface area (Å²) < 4.78 is 12.6. The number of benzene rings is 2. The fourth-order valence-corrected chi connectivity index (χ4v) is 3.52. The number of carboxylic acids is 1. The second kappa shape index (κ2) is 10.8. The van der Waals surface area contributed by atoms with Gasteiger partial charge in [-0.25, -0.2) is 9.48 Å². The third-order valence-corrected chi connectivity index (χ3v) is 5.04. The van der Waals surface area contributed by atoms with Crippen LogP contribution in [0.3, 0.4) is 0 Å². The average molecular weight is 452 g/mol. The van der Waals surface area contributed by atoms with Crippen molar-refractivity contribution < 1.29 is 24.2 Å². The molecule has 8 heteroatoms. The standard InChI is InChI=1S/C25H29N3O5/c1-16(2)33-23(25(30)31)14-18-10-11-22(32-4)19(13-18)15-26-24(29)21-12-17(3)28(27-21)20-8-6-5-7-9-20/h5-13,16,23H,14-15H2,1-4H3,(H,26,29)(H,30,31). The van der Waals surface area contributed by atoms with Crippen LogP contribution in [0.15, 0.2) is 54.6 Å². The van der Waals surface area contributed by atoms with Crippen LogP contribution in [-0.2, 0) is 22.5 Å². The van der Waals surface area contributed by atoms with Crippen LogP contribution in [0.25, 0.3) is 5.69 Å². The Morgan fingerprint density at radius 1 is 1.12 bits per heavy atom. The molecule has 0 aliphatic rings. The van der Waals surface area contributed by atoms with E-state index in [1.165, 1.54) is 0 Å². The summed E-state index contributed by atoms with van der Waals surface area (Å²) in [4.78, 5) is 24.3. The molecule has 8 nitrogen and oxygen atoms in total. The van der Waals surface area contributed by atoms with Crippen molar-refractivity contribution in [2.45, 2.75) is 45.9 Å². The number of carbonyl (C=O) groups is 2. The maximum atomic E-state index is 12.8. The number of nitrogens with zero attached hydrogens (tertiary/aromatic N) is 2. The molecule has 2 N–H and O–H groups in total. The lowest BCUT2D eigenvalue weighted by molar-refractivity contribution is -0.153. The Hall–Kier alpha value is -3.65. The smallest absolute Gasteiger partial charge is 0.333 e. The number of nitrogens with one attached hydrogen (secondary N) is 1. The van der Waals surface area contributed by atoms with Crippen molar-refractivity contribution in [2.75, 3.05) is 7.11 Å². The van der Waals surface area contributed by atoms with Gasteiger partial charge in [-0.2, -0.15) is 5.10 Å². The molecule has 0 saturated heterocycles. The average Bonchev–Trinajstić information content (AvgIpc) is 3.19. The molecule has 2 aromatic carbocycles. The van der Waals surface area contributed by atoms with Crippen LogP contribution >= 0.6 is 0 Å². The number of aromatic nitrogens is 2. The number of carboxylic acid groups (broad SMARTS) is 1. The first kappa shape index (κ1) is 24.0. The van der Waals surface area contributed by atoms with Crippen LogP contribution in [0.5, 0.6) is 5.75 Å². The zero-order valence-electron chi connectivity index (χ0n) is 19.2. The van der Waals surface area contributed by atoms with Crippen LogP contribution in [0.4, 0.5) is 0 Å². The van der Waals surface area contributed by atoms with E-state index in [4.69, 9.17) is 9.47 Å². The van der Waals surface area contributed by atoms with E-state index >= 15 is 0 Å². The highest BCUT2D eigenvalue weighted by molar-refractivity contribution is 5.92. The van der Waals surface area contributed by atoms with Gasteiger partial charge in [0.1, 0.15) is 5.75 Å². The van der Waals surface area contributed by atoms with Crippen molar-refractivity contribution in [1.82, 2.24) is 15.1 Å². The maximum absolute atomic E-state index is 12.8. The summed E-state index contributed by atoms with van der Waals surface area (Å²) in [5, 5.41) is 16.8. The van der Waals surface area contributed by atoms with Gasteiger partial charge in [0.25, 0.3) is 5.91 Å². The normalized spacial score (nSPS) is 11.9. The number of para-hydroxylation sites is 1. The van der Waals surface area contributed by atoms with Gasteiger partial charge in [-0.3, -0.25) is 4.79 Å². The van der Waals surface area contributed by atoms with Crippen molar-refractivity contribution in [3.63, 3.8) is 0 Å². The third-order valence-electron chi connectivity index (χ3n) is 5.04. The highest BCUT2D eigenvalue weighted by Gasteiger charge is 2.21. The maximum Gasteiger partial charge on any atom is 0.333 e. The lowest BCUT2D eigenvalue weighted by Crippen LogP contribution is -2.29. The summed E-state index contributed by atoms with van der Waals surface area (Å²) >= 11 is 0. The minimum absolute atomic E-state index is 0.204. The van der Waals surface area contributed by atoms with Gasteiger partial charge in [-0.05, 0) is 50.6 Å². The van der Waals surface area contributed by atoms with Crippen LogP contribution < -0.4 is 10.1 Å². The van der Waals surface area contributed by atoms with Gasteiger partial charge in [0.15, 0.2) is 11.8 Å². The number of hydrogen-bond acceptors (Lipinski definition) is 5. The molecule has 0 spiro atoms. The second-order valence-electron chi connectivity index (χ2n) is 7.96. The first-order valence-electron chi connectivity index (χ1n) is 10.7. The molecular weight excluding hydrogens is 422 g/mol. The van der Waals surface area contributed by atoms with Crippen LogP contribution in [-0.4, -0.2) is 46.1 Å². The summed E-state index contributed by atoms with van der Waals surface area (Å²) in [7, 11) is 1.55. The van der Waals surface area contributed by atoms with Gasteiger partial charge in [-0.15, -0.1) is 0 Å². The molecule has 0 aliphatic carbocycles. The number of rotatable bonds is 10. The SMILES string of the molecule is COc1ccc(CC(OC(C)C)C(=O)O)cc1CNC(=O)c1cc(C)n(-c2ccccc2)n1. The van der Waals surface area contributed by atoms with Crippen LogP contribution in [0.2, 0.25) is 0 Å². The van der Waals surface area contributed by atoms with E-state index in [9.17, 15) is 14.7 Å². The summed E-state index contributed by atoms with van der Waals surface area (Å²) in [6.07, 6.45) is -0.952. The molecule has 1 aromatic heterocycles. The molecule has 3 rings (SSSR count). The van der Waals surface area contributed by atoms with Crippen molar-refractivity contribution in [1.29, 1.82) is 0 Å². The Morgan fingerprint density at radius 3 is 2.48 bits per heavy atom. The summed E-state index contributed by atoms with van der Waals surface area (Å²) in [6, 6.07) is 16.7. The Bertz CT molecular complexity index is 1110. The molecule has 174 valence electrons. The van der Waals surface area contributed by atoms with Gasteiger partial charge in [0.2, 0.25) is 0 Å². The zero-order chi connectivity index (χ0) is 24.0. The van der Waals surface area contributed by atoms with Crippen molar-refractivity contribution >= 4 is 11.9 Å². The highest BCUT2D eigenvalue weighted by Crippen LogP contribution is 2.22. The van der Waals surface area contributed by atoms with Gasteiger partial charge >= 0.3 is 5.97 Å². The quantitative estimate of drug-likeness (QED) is 0.489. The molecule has 0 bridgehead atoms. The molecular formula is C25H29N3O5. The number of amides is 1. The monoisotopic (exact) mass is 451 g/mol. The molecule has 1 amide bonds. The largest absolute Gasteiger partial charge is 0.496 e. The number of aliphatic carboxylic acids is 1. The number of ether oxygens (including phenoxy) is 2. The van der Waals surface area contributed by atoms with E-state index in [-0.39, 0.29) is 25.0 Å². The zero-order valence-corrected chi connectivity index (χ0v) is 19.2. The number of aryl methyl sites for hydroxylation is 1. The van der Waals surface area contributed by atoms with Gasteiger partial charge < -0.3 is 19.9 Å². The van der Waals surface area contributed by atoms with Crippen molar-refractivity contribution in [2.24, 2.45) is 0 Å². The van der Waals surface area contributed by atoms with Crippen molar-refractivity contribution in [3.05, 3.63) is 77.1 Å². The molecule has 33 heavy (non-hydrogen) atoms. The minimum atomic E-state index is -1.02. The molecule has 1 atom stereocenters. The number of methoxy groups -OCH3 is 1.